The number of esters is 1. The molecule has 0 aliphatic rings. The molecule has 0 bridgehead atoms. The summed E-state index contributed by atoms with van der Waals surface area (Å²) in [6, 6.07) is 18.7. The predicted octanol–water partition coefficient (Wildman–Crippen LogP) is 2.61. The number of hydrogen-bond donors (Lipinski definition) is 2. The highest BCUT2D eigenvalue weighted by Crippen LogP contribution is 2.23. The normalized spacial score (nSPS) is 14.9. The zero-order valence-electron chi connectivity index (χ0n) is 12.8. The smallest absolute Gasteiger partial charge is 0.336 e. The van der Waals surface area contributed by atoms with Crippen LogP contribution < -0.4 is 5.32 Å². The minimum atomic E-state index is -1.27. The fourth-order valence-electron chi connectivity index (χ4n) is 2.39. The molecule has 0 aliphatic carbocycles. The molecule has 116 valence electrons. The minimum absolute atomic E-state index is 0.0225. The van der Waals surface area contributed by atoms with Gasteiger partial charge in [0.05, 0.1) is 13.2 Å². The van der Waals surface area contributed by atoms with Crippen molar-refractivity contribution in [3.63, 3.8) is 0 Å². The number of hydrogen-bond acceptors (Lipinski definition) is 4. The number of benzene rings is 2. The van der Waals surface area contributed by atoms with E-state index < -0.39 is 18.1 Å². The lowest BCUT2D eigenvalue weighted by Crippen LogP contribution is -2.39. The van der Waals surface area contributed by atoms with E-state index in [4.69, 9.17) is 0 Å². The molecule has 0 fully saturated rings. The number of aliphatic hydroxyl groups excluding tert-OH is 1. The second-order valence-corrected chi connectivity index (χ2v) is 5.16. The zero-order valence-corrected chi connectivity index (χ0v) is 12.8. The number of methoxy groups -OCH3 is 1. The van der Waals surface area contributed by atoms with Crippen LogP contribution >= 0.6 is 0 Å². The van der Waals surface area contributed by atoms with E-state index in [-0.39, 0.29) is 6.04 Å². The van der Waals surface area contributed by atoms with E-state index in [9.17, 15) is 9.90 Å². The Bertz CT molecular complexity index is 586. The molecule has 0 radical (unpaired) electrons. The van der Waals surface area contributed by atoms with Crippen LogP contribution in [-0.2, 0) is 9.53 Å². The van der Waals surface area contributed by atoms with Gasteiger partial charge in [0, 0.05) is 6.04 Å². The summed E-state index contributed by atoms with van der Waals surface area (Å²) in [7, 11) is 1.27. The predicted molar refractivity (Wildman–Crippen MR) is 85.2 cm³/mol. The van der Waals surface area contributed by atoms with E-state index in [0.29, 0.717) is 0 Å². The highest BCUT2D eigenvalue weighted by Gasteiger charge is 2.29. The van der Waals surface area contributed by atoms with Crippen molar-refractivity contribution in [2.45, 2.75) is 25.1 Å². The summed E-state index contributed by atoms with van der Waals surface area (Å²) in [5.41, 5.74) is 1.92. The van der Waals surface area contributed by atoms with Gasteiger partial charge < -0.3 is 15.2 Å². The molecule has 2 aromatic carbocycles. The van der Waals surface area contributed by atoms with Gasteiger partial charge in [-0.1, -0.05) is 60.7 Å². The molecule has 0 saturated heterocycles. The molecule has 0 amide bonds. The van der Waals surface area contributed by atoms with Gasteiger partial charge in [-0.15, -0.1) is 0 Å². The standard InChI is InChI=1S/C18H21NO3/c1-13(14-9-5-3-6-10-14)19-16(17(20)18(21)22-2)15-11-7-4-8-12-15/h3-13,16-17,19-20H,1-2H3/t13-,16+,17+/m1/s1. The molecule has 4 heteroatoms. The van der Waals surface area contributed by atoms with Gasteiger partial charge >= 0.3 is 5.97 Å². The van der Waals surface area contributed by atoms with Crippen molar-refractivity contribution in [3.8, 4) is 0 Å². The van der Waals surface area contributed by atoms with Crippen LogP contribution in [-0.4, -0.2) is 24.3 Å². The maximum absolute atomic E-state index is 11.7. The van der Waals surface area contributed by atoms with Gasteiger partial charge in [-0.3, -0.25) is 0 Å². The number of ether oxygens (including phenoxy) is 1. The van der Waals surface area contributed by atoms with Gasteiger partial charge in [-0.25, -0.2) is 4.79 Å². The molecule has 0 aliphatic heterocycles. The molecule has 3 atom stereocenters. The van der Waals surface area contributed by atoms with E-state index >= 15 is 0 Å². The summed E-state index contributed by atoms with van der Waals surface area (Å²) in [6.07, 6.45) is -1.27. The molecule has 2 aromatic rings. The molecule has 2 N–H and O–H groups in total. The van der Waals surface area contributed by atoms with E-state index in [2.05, 4.69) is 10.1 Å². The van der Waals surface area contributed by atoms with E-state index in [1.807, 2.05) is 67.6 Å². The van der Waals surface area contributed by atoms with Crippen molar-refractivity contribution >= 4 is 5.97 Å². The molecular weight excluding hydrogens is 278 g/mol. The highest BCUT2D eigenvalue weighted by molar-refractivity contribution is 5.75. The van der Waals surface area contributed by atoms with Crippen molar-refractivity contribution in [1.29, 1.82) is 0 Å². The molecule has 4 nitrogen and oxygen atoms in total. The summed E-state index contributed by atoms with van der Waals surface area (Å²) < 4.78 is 4.67. The lowest BCUT2D eigenvalue weighted by molar-refractivity contribution is -0.152. The Labute approximate surface area is 130 Å². The van der Waals surface area contributed by atoms with E-state index in [1.165, 1.54) is 7.11 Å². The number of carbonyl (C=O) groups is 1. The van der Waals surface area contributed by atoms with Crippen LogP contribution in [0.25, 0.3) is 0 Å². The molecule has 0 saturated carbocycles. The number of rotatable bonds is 6. The number of carbonyl (C=O) groups excluding carboxylic acids is 1. The molecule has 0 spiro atoms. The topological polar surface area (TPSA) is 58.6 Å². The number of nitrogens with one attached hydrogen (secondary N) is 1. The zero-order chi connectivity index (χ0) is 15.9. The SMILES string of the molecule is COC(=O)[C@@H](O)[C@@H](N[C@H](C)c1ccccc1)c1ccccc1. The molecule has 0 aromatic heterocycles. The van der Waals surface area contributed by atoms with Crippen LogP contribution in [0.15, 0.2) is 60.7 Å². The van der Waals surface area contributed by atoms with Gasteiger partial charge in [-0.2, -0.15) is 0 Å². The third-order valence-electron chi connectivity index (χ3n) is 3.65. The fourth-order valence-corrected chi connectivity index (χ4v) is 2.39. The Morgan fingerprint density at radius 3 is 2.00 bits per heavy atom. The Morgan fingerprint density at radius 2 is 1.50 bits per heavy atom. The third kappa shape index (κ3) is 3.93. The molecular formula is C18H21NO3. The van der Waals surface area contributed by atoms with Gasteiger partial charge in [0.1, 0.15) is 0 Å². The average molecular weight is 299 g/mol. The molecule has 0 unspecified atom stereocenters. The second kappa shape index (κ2) is 7.73. The van der Waals surface area contributed by atoms with Crippen LogP contribution in [0.4, 0.5) is 0 Å². The Morgan fingerprint density at radius 1 is 1.00 bits per heavy atom. The lowest BCUT2D eigenvalue weighted by atomic mass is 9.98. The second-order valence-electron chi connectivity index (χ2n) is 5.16. The quantitative estimate of drug-likeness (QED) is 0.805. The monoisotopic (exact) mass is 299 g/mol. The summed E-state index contributed by atoms with van der Waals surface area (Å²) in [4.78, 5) is 11.7. The largest absolute Gasteiger partial charge is 0.467 e. The maximum Gasteiger partial charge on any atom is 0.336 e. The van der Waals surface area contributed by atoms with E-state index in [0.717, 1.165) is 11.1 Å². The van der Waals surface area contributed by atoms with Gasteiger partial charge in [0.2, 0.25) is 0 Å². The summed E-state index contributed by atoms with van der Waals surface area (Å²) in [6.45, 7) is 2.00. The summed E-state index contributed by atoms with van der Waals surface area (Å²) >= 11 is 0. The molecule has 2 rings (SSSR count). The Kier molecular flexibility index (Phi) is 5.69. The van der Waals surface area contributed by atoms with Gasteiger partial charge in [0.15, 0.2) is 6.10 Å². The van der Waals surface area contributed by atoms with Crippen molar-refractivity contribution < 1.29 is 14.6 Å². The maximum atomic E-state index is 11.7. The molecule has 0 heterocycles. The van der Waals surface area contributed by atoms with Crippen molar-refractivity contribution in [3.05, 3.63) is 71.8 Å². The van der Waals surface area contributed by atoms with Gasteiger partial charge in [0.25, 0.3) is 0 Å². The van der Waals surface area contributed by atoms with Crippen LogP contribution in [0.2, 0.25) is 0 Å². The van der Waals surface area contributed by atoms with Crippen LogP contribution in [0.5, 0.6) is 0 Å². The first kappa shape index (κ1) is 16.2. The number of aliphatic hydroxyl groups is 1. The Hall–Kier alpha value is -2.17. The van der Waals surface area contributed by atoms with Crippen LogP contribution in [0.1, 0.15) is 30.1 Å². The van der Waals surface area contributed by atoms with Gasteiger partial charge in [-0.05, 0) is 18.1 Å². The third-order valence-corrected chi connectivity index (χ3v) is 3.65. The van der Waals surface area contributed by atoms with E-state index in [1.54, 1.807) is 0 Å². The van der Waals surface area contributed by atoms with Crippen molar-refractivity contribution in [1.82, 2.24) is 5.32 Å². The first-order valence-corrected chi connectivity index (χ1v) is 7.25. The Balaban J connectivity index is 2.23. The summed E-state index contributed by atoms with van der Waals surface area (Å²) in [5.74, 6) is -0.651. The average Bonchev–Trinajstić information content (AvgIpc) is 2.59. The minimum Gasteiger partial charge on any atom is -0.467 e. The van der Waals surface area contributed by atoms with Crippen molar-refractivity contribution in [2.24, 2.45) is 0 Å². The molecule has 22 heavy (non-hydrogen) atoms. The first-order chi connectivity index (χ1) is 10.6. The lowest BCUT2D eigenvalue weighted by Gasteiger charge is -2.27. The van der Waals surface area contributed by atoms with Crippen LogP contribution in [0, 0.1) is 0 Å². The van der Waals surface area contributed by atoms with Crippen LogP contribution in [0.3, 0.4) is 0 Å². The van der Waals surface area contributed by atoms with Crippen molar-refractivity contribution in [2.75, 3.05) is 7.11 Å². The first-order valence-electron chi connectivity index (χ1n) is 7.25. The highest BCUT2D eigenvalue weighted by atomic mass is 16.5. The summed E-state index contributed by atoms with van der Waals surface area (Å²) in [5, 5.41) is 13.6. The fraction of sp³-hybridized carbons (Fsp3) is 0.278.